The van der Waals surface area contributed by atoms with Gasteiger partial charge in [0.25, 0.3) is 0 Å². The number of fused-ring (bicyclic) bond motifs is 21. The summed E-state index contributed by atoms with van der Waals surface area (Å²) in [5.74, 6) is 5.84. The molecule has 8 nitrogen and oxygen atoms in total. The third-order valence-corrected chi connectivity index (χ3v) is 15.7. The SMILES string of the molecule is [CH-]1CCC2C3NC(NC4NC(NC5NC(NC6NC(N3)C3CCCCC63)C3CCCCC53)C3CCCCC43)C2C1.[Zn+2].[c-]1cc2ccccc2s1. The third-order valence-electron chi connectivity index (χ3n) is 14.9. The van der Waals surface area contributed by atoms with Crippen LogP contribution in [-0.4, -0.2) is 49.3 Å². The Balaban J connectivity index is 0.000000293. The molecule has 4 saturated carbocycles. The zero-order valence-corrected chi connectivity index (χ0v) is 33.7. The zero-order chi connectivity index (χ0) is 32.3. The number of hydrogen-bond donors (Lipinski definition) is 8. The van der Waals surface area contributed by atoms with Gasteiger partial charge in [-0.15, -0.1) is 22.2 Å². The van der Waals surface area contributed by atoms with Crippen molar-refractivity contribution < 1.29 is 19.5 Å². The van der Waals surface area contributed by atoms with Crippen LogP contribution >= 0.6 is 11.3 Å². The maximum Gasteiger partial charge on any atom is 2.00 e. The van der Waals surface area contributed by atoms with Crippen LogP contribution in [0.4, 0.5) is 0 Å². The normalized spacial score (nSPS) is 47.9. The van der Waals surface area contributed by atoms with Crippen LogP contribution in [0.2, 0.25) is 0 Å². The molecule has 5 saturated heterocycles. The largest absolute Gasteiger partial charge is 2.00 e. The van der Waals surface area contributed by atoms with Crippen LogP contribution in [0, 0.1) is 59.1 Å². The zero-order valence-electron chi connectivity index (χ0n) is 29.9. The Morgan fingerprint density at radius 3 is 1.24 bits per heavy atom. The van der Waals surface area contributed by atoms with Crippen molar-refractivity contribution in [1.29, 1.82) is 0 Å². The Labute approximate surface area is 317 Å². The van der Waals surface area contributed by atoms with Crippen LogP contribution in [0.1, 0.15) is 96.3 Å². The van der Waals surface area contributed by atoms with Crippen molar-refractivity contribution >= 4 is 21.4 Å². The van der Waals surface area contributed by atoms with Crippen molar-refractivity contribution in [1.82, 2.24) is 42.5 Å². The van der Waals surface area contributed by atoms with E-state index >= 15 is 0 Å². The quantitative estimate of drug-likeness (QED) is 0.139. The molecule has 0 amide bonds. The molecule has 2 aromatic rings. The summed E-state index contributed by atoms with van der Waals surface area (Å²) in [6, 6.07) is 10.3. The molecule has 50 heavy (non-hydrogen) atoms. The summed E-state index contributed by atoms with van der Waals surface area (Å²) in [7, 11) is 0. The molecule has 8 bridgehead atoms. The van der Waals surface area contributed by atoms with E-state index in [1.165, 1.54) is 106 Å². The number of thiophene rings is 1. The number of nitrogens with one attached hydrogen (secondary N) is 8. The summed E-state index contributed by atoms with van der Waals surface area (Å²) in [5.41, 5.74) is 0. The fourth-order valence-electron chi connectivity index (χ4n) is 12.6. The summed E-state index contributed by atoms with van der Waals surface area (Å²) in [5, 5.41) is 38.1. The van der Waals surface area contributed by atoms with Crippen molar-refractivity contribution in [2.45, 2.75) is 146 Å². The van der Waals surface area contributed by atoms with Gasteiger partial charge < -0.3 is 6.42 Å². The first kappa shape index (κ1) is 35.2. The minimum atomic E-state index is 0. The van der Waals surface area contributed by atoms with E-state index in [1.54, 1.807) is 11.3 Å². The Morgan fingerprint density at radius 1 is 0.480 bits per heavy atom. The van der Waals surface area contributed by atoms with Crippen molar-refractivity contribution in [3.63, 3.8) is 0 Å². The first-order chi connectivity index (χ1) is 24.3. The van der Waals surface area contributed by atoms with Gasteiger partial charge in [0.2, 0.25) is 0 Å². The molecule has 16 unspecified atom stereocenters. The minimum absolute atomic E-state index is 0. The smallest absolute Gasteiger partial charge is 0.328 e. The van der Waals surface area contributed by atoms with E-state index in [4.69, 9.17) is 0 Å². The number of benzene rings is 1. The molecule has 1 aromatic heterocycles. The first-order valence-electron chi connectivity index (χ1n) is 20.5. The van der Waals surface area contributed by atoms with Crippen molar-refractivity contribution in [2.24, 2.45) is 47.3 Å². The average molecular weight is 750 g/mol. The topological polar surface area (TPSA) is 96.2 Å². The Bertz CT molecular complexity index is 1190. The molecule has 9 aliphatic rings. The van der Waals surface area contributed by atoms with Gasteiger partial charge in [0.1, 0.15) is 0 Å². The van der Waals surface area contributed by atoms with Gasteiger partial charge in [-0.2, -0.15) is 24.3 Å². The van der Waals surface area contributed by atoms with E-state index in [9.17, 15) is 0 Å². The van der Waals surface area contributed by atoms with Crippen LogP contribution in [-0.2, 0) is 19.5 Å². The van der Waals surface area contributed by atoms with E-state index in [-0.39, 0.29) is 19.5 Å². The van der Waals surface area contributed by atoms with E-state index in [0.717, 1.165) is 35.5 Å². The fraction of sp³-hybridized carbons (Fsp3) is 0.775. The standard InChI is InChI=1S/C32H55N8.C8H5S.Zn/c1-2-10-18-17(9-1)25-33-26(18)38-28-21-13-5-6-14-22(21)30(35-28)40-32-24-16-8-7-15-23(24)31(36-32)39-29-20-12-4-3-11-19(20)27(34-29)37-25;1-2-4-8-7(3-1)5-6-9-8;/h1,17-40H,2-16H2;1-5H;/q2*-1;+2. The second-order valence-electron chi connectivity index (χ2n) is 17.3. The second kappa shape index (κ2) is 15.3. The summed E-state index contributed by atoms with van der Waals surface area (Å²) >= 11 is 1.66. The van der Waals surface area contributed by atoms with Gasteiger partial charge >= 0.3 is 19.5 Å². The van der Waals surface area contributed by atoms with E-state index in [2.05, 4.69) is 66.5 Å². The number of hydrogen-bond acceptors (Lipinski definition) is 9. The Hall–Kier alpha value is -0.517. The summed E-state index contributed by atoms with van der Waals surface area (Å²) in [4.78, 5) is 0. The first-order valence-corrected chi connectivity index (χ1v) is 21.3. The van der Waals surface area contributed by atoms with Crippen LogP contribution in [0.3, 0.4) is 0 Å². The fourth-order valence-corrected chi connectivity index (χ4v) is 13.3. The Morgan fingerprint density at radius 2 is 0.840 bits per heavy atom. The summed E-state index contributed by atoms with van der Waals surface area (Å²) in [6.07, 6.45) is 26.3. The van der Waals surface area contributed by atoms with Crippen molar-refractivity contribution in [3.8, 4) is 0 Å². The van der Waals surface area contributed by atoms with Gasteiger partial charge in [-0.25, -0.2) is 0 Å². The van der Waals surface area contributed by atoms with Crippen LogP contribution < -0.4 is 42.5 Å². The number of rotatable bonds is 0. The molecule has 0 radical (unpaired) electrons. The van der Waals surface area contributed by atoms with Gasteiger partial charge in [-0.05, 0) is 85.9 Å². The average Bonchev–Trinajstić information content (AvgIpc) is 3.97. The predicted molar refractivity (Wildman–Crippen MR) is 198 cm³/mol. The molecule has 1 aromatic carbocycles. The monoisotopic (exact) mass is 748 g/mol. The molecule has 16 atom stereocenters. The van der Waals surface area contributed by atoms with Gasteiger partial charge in [0, 0.05) is 0 Å². The van der Waals surface area contributed by atoms with E-state index in [0.29, 0.717) is 61.2 Å². The molecule has 10 heteroatoms. The van der Waals surface area contributed by atoms with Gasteiger partial charge in [0.15, 0.2) is 0 Å². The molecule has 6 heterocycles. The van der Waals surface area contributed by atoms with Crippen molar-refractivity contribution in [2.75, 3.05) is 0 Å². The van der Waals surface area contributed by atoms with E-state index in [1.807, 2.05) is 18.2 Å². The summed E-state index contributed by atoms with van der Waals surface area (Å²) in [6.45, 7) is 0. The molecule has 268 valence electrons. The van der Waals surface area contributed by atoms with Crippen LogP contribution in [0.5, 0.6) is 0 Å². The minimum Gasteiger partial charge on any atom is -0.328 e. The predicted octanol–water partition coefficient (Wildman–Crippen LogP) is 5.12. The van der Waals surface area contributed by atoms with Crippen LogP contribution in [0.25, 0.3) is 10.1 Å². The van der Waals surface area contributed by atoms with Crippen LogP contribution in [0.15, 0.2) is 30.3 Å². The molecule has 8 N–H and O–H groups in total. The molecular formula is C40H60N8SZn. The molecular weight excluding hydrogens is 690 g/mol. The molecule has 9 fully saturated rings. The molecule has 5 aliphatic heterocycles. The molecule has 11 rings (SSSR count). The van der Waals surface area contributed by atoms with Crippen molar-refractivity contribution in [3.05, 3.63) is 42.1 Å². The maximum absolute atomic E-state index is 4.26. The third kappa shape index (κ3) is 6.62. The van der Waals surface area contributed by atoms with Gasteiger partial charge in [-0.3, -0.25) is 53.9 Å². The molecule has 4 aliphatic carbocycles. The Kier molecular flexibility index (Phi) is 10.8. The van der Waals surface area contributed by atoms with E-state index < -0.39 is 0 Å². The second-order valence-corrected chi connectivity index (χ2v) is 18.2. The maximum atomic E-state index is 4.26. The van der Waals surface area contributed by atoms with Gasteiger partial charge in [0.05, 0.1) is 49.3 Å². The summed E-state index contributed by atoms with van der Waals surface area (Å²) < 4.78 is 1.32. The van der Waals surface area contributed by atoms with Gasteiger partial charge in [-0.1, -0.05) is 57.1 Å². The molecule has 0 spiro atoms.